The highest BCUT2D eigenvalue weighted by Crippen LogP contribution is 2.41. The van der Waals surface area contributed by atoms with E-state index in [4.69, 9.17) is 0 Å². The Morgan fingerprint density at radius 3 is 1.85 bits per heavy atom. The molecule has 2 aromatic carbocycles. The van der Waals surface area contributed by atoms with Gasteiger partial charge in [-0.05, 0) is 47.3 Å². The number of Topliss-reactive ketones (excluding diaryl/α,β-unsaturated/α-hetero) is 2. The summed E-state index contributed by atoms with van der Waals surface area (Å²) >= 11 is 0. The fourth-order valence-corrected chi connectivity index (χ4v) is 4.54. The average molecular weight is 344 g/mol. The van der Waals surface area contributed by atoms with Crippen molar-refractivity contribution in [3.63, 3.8) is 0 Å². The molecule has 3 atom stereocenters. The predicted octanol–water partition coefficient (Wildman–Crippen LogP) is 5.21. The summed E-state index contributed by atoms with van der Waals surface area (Å²) in [6.45, 7) is 0. The van der Waals surface area contributed by atoms with Crippen LogP contribution in [0.5, 0.6) is 0 Å². The molecular weight excluding hydrogens is 320 g/mol. The number of carbonyl (C=O) groups is 2. The lowest BCUT2D eigenvalue weighted by molar-refractivity contribution is -0.122. The third-order valence-corrected chi connectivity index (χ3v) is 5.88. The Morgan fingerprint density at radius 2 is 1.23 bits per heavy atom. The molecule has 0 aromatic heterocycles. The van der Waals surface area contributed by atoms with Gasteiger partial charge in [-0.15, -0.1) is 0 Å². The summed E-state index contributed by atoms with van der Waals surface area (Å²) in [6, 6.07) is 20.5. The molecule has 0 spiro atoms. The van der Waals surface area contributed by atoms with Crippen molar-refractivity contribution in [3.05, 3.63) is 83.4 Å². The molecule has 0 bridgehead atoms. The summed E-state index contributed by atoms with van der Waals surface area (Å²) in [4.78, 5) is 25.2. The van der Waals surface area contributed by atoms with Gasteiger partial charge in [-0.25, -0.2) is 0 Å². The molecule has 26 heavy (non-hydrogen) atoms. The van der Waals surface area contributed by atoms with Crippen LogP contribution in [0.3, 0.4) is 0 Å². The monoisotopic (exact) mass is 344 g/mol. The first-order chi connectivity index (χ1) is 12.7. The van der Waals surface area contributed by atoms with Crippen LogP contribution in [0.1, 0.15) is 55.1 Å². The Hall–Kier alpha value is -2.48. The first kappa shape index (κ1) is 17.0. The van der Waals surface area contributed by atoms with E-state index in [9.17, 15) is 9.59 Å². The van der Waals surface area contributed by atoms with Gasteiger partial charge in [0.1, 0.15) is 5.78 Å². The maximum absolute atomic E-state index is 12.8. The van der Waals surface area contributed by atoms with Gasteiger partial charge < -0.3 is 0 Å². The van der Waals surface area contributed by atoms with Crippen LogP contribution >= 0.6 is 0 Å². The van der Waals surface area contributed by atoms with Crippen molar-refractivity contribution >= 4 is 11.6 Å². The molecule has 0 aliphatic heterocycles. The molecule has 2 aromatic rings. The van der Waals surface area contributed by atoms with Crippen molar-refractivity contribution in [1.82, 2.24) is 0 Å². The highest BCUT2D eigenvalue weighted by molar-refractivity contribution is 5.98. The maximum Gasteiger partial charge on any atom is 0.159 e. The van der Waals surface area contributed by atoms with Crippen LogP contribution in [-0.2, 0) is 9.59 Å². The number of hydrogen-bond donors (Lipinski definition) is 0. The first-order valence-electron chi connectivity index (χ1n) is 9.55. The summed E-state index contributed by atoms with van der Waals surface area (Å²) in [7, 11) is 0. The molecule has 2 aliphatic carbocycles. The second-order valence-electron chi connectivity index (χ2n) is 7.62. The fraction of sp³-hybridized carbons (Fsp3) is 0.333. The van der Waals surface area contributed by atoms with E-state index in [1.807, 2.05) is 36.4 Å². The lowest BCUT2D eigenvalue weighted by Gasteiger charge is -2.32. The molecule has 132 valence electrons. The Kier molecular flexibility index (Phi) is 4.83. The van der Waals surface area contributed by atoms with E-state index >= 15 is 0 Å². The van der Waals surface area contributed by atoms with Crippen LogP contribution in [-0.4, -0.2) is 11.6 Å². The second kappa shape index (κ2) is 7.41. The minimum atomic E-state index is 0.0886. The van der Waals surface area contributed by atoms with Gasteiger partial charge in [0.15, 0.2) is 5.78 Å². The fourth-order valence-electron chi connectivity index (χ4n) is 4.54. The number of allylic oxidation sites excluding steroid dienone is 2. The summed E-state index contributed by atoms with van der Waals surface area (Å²) in [5.74, 6) is 1.12. The third kappa shape index (κ3) is 3.55. The molecule has 0 N–H and O–H groups in total. The molecule has 2 heteroatoms. The number of benzene rings is 2. The quantitative estimate of drug-likeness (QED) is 0.766. The van der Waals surface area contributed by atoms with Crippen LogP contribution in [0.15, 0.2) is 72.3 Å². The topological polar surface area (TPSA) is 34.1 Å². The maximum atomic E-state index is 12.8. The van der Waals surface area contributed by atoms with E-state index in [1.54, 1.807) is 0 Å². The van der Waals surface area contributed by atoms with E-state index in [2.05, 4.69) is 30.3 Å². The van der Waals surface area contributed by atoms with Crippen molar-refractivity contribution in [2.24, 2.45) is 5.92 Å². The van der Waals surface area contributed by atoms with E-state index < -0.39 is 0 Å². The number of rotatable bonds is 3. The normalized spacial score (nSPS) is 26.5. The number of ketones is 2. The number of carbonyl (C=O) groups excluding carboxylic acids is 2. The van der Waals surface area contributed by atoms with E-state index in [1.165, 1.54) is 11.1 Å². The largest absolute Gasteiger partial charge is 0.300 e. The van der Waals surface area contributed by atoms with Crippen LogP contribution in [0.2, 0.25) is 0 Å². The van der Waals surface area contributed by atoms with Gasteiger partial charge in [0.2, 0.25) is 0 Å². The third-order valence-electron chi connectivity index (χ3n) is 5.88. The van der Waals surface area contributed by atoms with Gasteiger partial charge in [0, 0.05) is 19.3 Å². The van der Waals surface area contributed by atoms with E-state index in [0.29, 0.717) is 19.3 Å². The molecule has 4 rings (SSSR count). The first-order valence-corrected chi connectivity index (χ1v) is 9.55. The summed E-state index contributed by atoms with van der Waals surface area (Å²) in [5.41, 5.74) is 3.36. The Labute approximate surface area is 154 Å². The lowest BCUT2D eigenvalue weighted by atomic mass is 9.71. The molecule has 3 unspecified atom stereocenters. The highest BCUT2D eigenvalue weighted by Gasteiger charge is 2.34. The molecule has 2 aliphatic rings. The van der Waals surface area contributed by atoms with Gasteiger partial charge in [0.05, 0.1) is 0 Å². The zero-order chi connectivity index (χ0) is 17.9. The van der Waals surface area contributed by atoms with Gasteiger partial charge in [-0.1, -0.05) is 66.7 Å². The smallest absolute Gasteiger partial charge is 0.159 e. The zero-order valence-electron chi connectivity index (χ0n) is 14.9. The van der Waals surface area contributed by atoms with Gasteiger partial charge >= 0.3 is 0 Å². The van der Waals surface area contributed by atoms with Crippen molar-refractivity contribution in [3.8, 4) is 0 Å². The van der Waals surface area contributed by atoms with Crippen molar-refractivity contribution in [2.75, 3.05) is 0 Å². The summed E-state index contributed by atoms with van der Waals surface area (Å²) < 4.78 is 0. The molecule has 1 fully saturated rings. The SMILES string of the molecule is O=C1CC(C2=CCC(c3ccccc3)CC2=O)CC(c2ccccc2)C1. The minimum Gasteiger partial charge on any atom is -0.300 e. The van der Waals surface area contributed by atoms with Gasteiger partial charge in [0.25, 0.3) is 0 Å². The van der Waals surface area contributed by atoms with Crippen molar-refractivity contribution in [2.45, 2.75) is 43.9 Å². The molecule has 0 radical (unpaired) electrons. The zero-order valence-corrected chi connectivity index (χ0v) is 14.9. The van der Waals surface area contributed by atoms with Crippen LogP contribution < -0.4 is 0 Å². The van der Waals surface area contributed by atoms with Crippen molar-refractivity contribution < 1.29 is 9.59 Å². The molecule has 0 amide bonds. The predicted molar refractivity (Wildman–Crippen MR) is 103 cm³/mol. The number of hydrogen-bond acceptors (Lipinski definition) is 2. The summed E-state index contributed by atoms with van der Waals surface area (Å²) in [6.07, 6.45) is 5.62. The Balaban J connectivity index is 1.52. The Morgan fingerprint density at radius 1 is 0.654 bits per heavy atom. The van der Waals surface area contributed by atoms with Crippen LogP contribution in [0, 0.1) is 5.92 Å². The highest BCUT2D eigenvalue weighted by atomic mass is 16.1. The average Bonchev–Trinajstić information content (AvgIpc) is 2.69. The van der Waals surface area contributed by atoms with E-state index in [-0.39, 0.29) is 29.3 Å². The summed E-state index contributed by atoms with van der Waals surface area (Å²) in [5, 5.41) is 0. The van der Waals surface area contributed by atoms with E-state index in [0.717, 1.165) is 18.4 Å². The standard InChI is InChI=1S/C24H24O2/c25-22-14-20(18-9-5-2-6-10-18)13-21(15-22)23-12-11-19(16-24(23)26)17-7-3-1-4-8-17/h1-10,12,19-21H,11,13-16H2. The van der Waals surface area contributed by atoms with Gasteiger partial charge in [-0.2, -0.15) is 0 Å². The van der Waals surface area contributed by atoms with Crippen LogP contribution in [0.25, 0.3) is 0 Å². The molecular formula is C24H24O2. The molecule has 0 saturated heterocycles. The minimum absolute atomic E-state index is 0.0886. The lowest BCUT2D eigenvalue weighted by Crippen LogP contribution is -2.28. The second-order valence-corrected chi connectivity index (χ2v) is 7.62. The Bertz CT molecular complexity index is 820. The van der Waals surface area contributed by atoms with Crippen molar-refractivity contribution in [1.29, 1.82) is 0 Å². The molecule has 0 heterocycles. The molecule has 2 nitrogen and oxygen atoms in total. The van der Waals surface area contributed by atoms with Gasteiger partial charge in [-0.3, -0.25) is 9.59 Å². The molecule has 1 saturated carbocycles. The van der Waals surface area contributed by atoms with Crippen LogP contribution in [0.4, 0.5) is 0 Å².